The van der Waals surface area contributed by atoms with Gasteiger partial charge in [0.05, 0.1) is 5.92 Å². The number of hydrogen-bond acceptors (Lipinski definition) is 7. The summed E-state index contributed by atoms with van der Waals surface area (Å²) in [4.78, 5) is 25.9. The van der Waals surface area contributed by atoms with Crippen molar-refractivity contribution in [3.05, 3.63) is 187 Å². The zero-order valence-corrected chi connectivity index (χ0v) is 30.3. The normalized spacial score (nSPS) is 12.5. The molecule has 0 amide bonds. The van der Waals surface area contributed by atoms with E-state index >= 15 is 0 Å². The van der Waals surface area contributed by atoms with Crippen LogP contribution in [0.25, 0.3) is 101 Å². The number of para-hydroxylation sites is 2. The monoisotopic (exact) mass is 731 g/mol. The molecule has 1 aliphatic carbocycles. The van der Waals surface area contributed by atoms with Gasteiger partial charge in [0.2, 0.25) is 0 Å². The van der Waals surface area contributed by atoms with Gasteiger partial charge in [-0.25, -0.2) is 24.9 Å². The van der Waals surface area contributed by atoms with E-state index in [1.807, 2.05) is 109 Å². The molecule has 4 heterocycles. The number of fused-ring (bicyclic) bond motifs is 9. The third-order valence-corrected chi connectivity index (χ3v) is 11.0. The van der Waals surface area contributed by atoms with Crippen LogP contribution in [-0.2, 0) is 0 Å². The molecule has 0 bridgehead atoms. The van der Waals surface area contributed by atoms with Crippen molar-refractivity contribution in [1.29, 1.82) is 0 Å². The van der Waals surface area contributed by atoms with E-state index in [1.165, 1.54) is 22.3 Å². The maximum atomic E-state index is 6.83. The molecule has 0 fully saturated rings. The van der Waals surface area contributed by atoms with Crippen LogP contribution in [0.3, 0.4) is 0 Å². The SMILES string of the molecule is c1ccc(-c2nc(-c3cccc4oc5c(-c6nc(-c7ccccc7)nc7c6oc6ccccc67)cccc5c34)nc(C3c4ccccc4-c4ccccc43)n2)cc1. The number of rotatable bonds is 5. The van der Waals surface area contributed by atoms with Crippen LogP contribution in [0.15, 0.2) is 179 Å². The smallest absolute Gasteiger partial charge is 0.180 e. The molecule has 12 rings (SSSR count). The highest BCUT2D eigenvalue weighted by molar-refractivity contribution is 6.16. The first kappa shape index (κ1) is 31.6. The van der Waals surface area contributed by atoms with Gasteiger partial charge in [-0.15, -0.1) is 0 Å². The molecule has 11 aromatic rings. The Kier molecular flexibility index (Phi) is 6.85. The lowest BCUT2D eigenvalue weighted by molar-refractivity contribution is 0.663. The fourth-order valence-electron chi connectivity index (χ4n) is 8.50. The van der Waals surface area contributed by atoms with Crippen LogP contribution in [0.4, 0.5) is 0 Å². The standard InChI is InChI=1S/C50H29N5O2/c1-3-15-29(16-4-1)47-51-43-35-23-11-12-27-39(35)56-46(43)44(52-47)38-26-13-24-36-41-37(25-14-28-40(41)57-45(36)38)49-53-48(30-17-5-2-6-18-30)54-50(55-49)42-33-21-9-7-19-31(33)32-20-8-10-22-34(32)42/h1-28,42H. The molecule has 0 atom stereocenters. The summed E-state index contributed by atoms with van der Waals surface area (Å²) in [6.45, 7) is 0. The largest absolute Gasteiger partial charge is 0.455 e. The average molecular weight is 732 g/mol. The van der Waals surface area contributed by atoms with E-state index in [0.29, 0.717) is 45.7 Å². The Labute approximate surface area is 326 Å². The first-order chi connectivity index (χ1) is 28.3. The molecule has 0 saturated heterocycles. The molecule has 0 unspecified atom stereocenters. The van der Waals surface area contributed by atoms with E-state index in [4.69, 9.17) is 33.8 Å². The topological polar surface area (TPSA) is 90.7 Å². The summed E-state index contributed by atoms with van der Waals surface area (Å²) < 4.78 is 13.4. The molecule has 4 aromatic heterocycles. The summed E-state index contributed by atoms with van der Waals surface area (Å²) in [5.41, 5.74) is 12.4. The van der Waals surface area contributed by atoms with Gasteiger partial charge in [0.1, 0.15) is 33.8 Å². The molecule has 0 spiro atoms. The Morgan fingerprint density at radius 3 is 1.67 bits per heavy atom. The lowest BCUT2D eigenvalue weighted by Gasteiger charge is -2.15. The summed E-state index contributed by atoms with van der Waals surface area (Å²) in [5, 5.41) is 2.76. The fourth-order valence-corrected chi connectivity index (χ4v) is 8.50. The number of furan rings is 2. The zero-order chi connectivity index (χ0) is 37.5. The molecular weight excluding hydrogens is 703 g/mol. The Hall–Kier alpha value is -7.77. The minimum Gasteiger partial charge on any atom is -0.455 e. The van der Waals surface area contributed by atoms with Gasteiger partial charge in [-0.05, 0) is 46.5 Å². The van der Waals surface area contributed by atoms with Gasteiger partial charge in [0.15, 0.2) is 23.1 Å². The Balaban J connectivity index is 1.10. The van der Waals surface area contributed by atoms with Crippen LogP contribution >= 0.6 is 0 Å². The third-order valence-electron chi connectivity index (χ3n) is 11.0. The van der Waals surface area contributed by atoms with Crippen molar-refractivity contribution in [2.24, 2.45) is 0 Å². The van der Waals surface area contributed by atoms with Crippen LogP contribution in [0.1, 0.15) is 22.9 Å². The Bertz CT molecular complexity index is 3330. The summed E-state index contributed by atoms with van der Waals surface area (Å²) in [5.74, 6) is 2.34. The molecule has 0 aliphatic heterocycles. The van der Waals surface area contributed by atoms with Crippen molar-refractivity contribution in [2.45, 2.75) is 5.92 Å². The van der Waals surface area contributed by atoms with E-state index in [2.05, 4.69) is 60.7 Å². The van der Waals surface area contributed by atoms with Crippen molar-refractivity contribution in [2.75, 3.05) is 0 Å². The molecule has 1 aliphatic rings. The number of aromatic nitrogens is 5. The van der Waals surface area contributed by atoms with Gasteiger partial charge in [-0.1, -0.05) is 146 Å². The first-order valence-electron chi connectivity index (χ1n) is 19.0. The van der Waals surface area contributed by atoms with Crippen molar-refractivity contribution < 1.29 is 8.83 Å². The van der Waals surface area contributed by atoms with E-state index in [0.717, 1.165) is 49.5 Å². The average Bonchev–Trinajstić information content (AvgIpc) is 3.96. The summed E-state index contributed by atoms with van der Waals surface area (Å²) >= 11 is 0. The van der Waals surface area contributed by atoms with Crippen molar-refractivity contribution >= 4 is 44.0 Å². The summed E-state index contributed by atoms with van der Waals surface area (Å²) in [6, 6.07) is 57.5. The molecule has 0 saturated carbocycles. The van der Waals surface area contributed by atoms with Gasteiger partial charge in [0, 0.05) is 38.4 Å². The molecule has 266 valence electrons. The van der Waals surface area contributed by atoms with Crippen molar-refractivity contribution in [1.82, 2.24) is 24.9 Å². The molecule has 7 aromatic carbocycles. The highest BCUT2D eigenvalue weighted by Crippen LogP contribution is 2.48. The van der Waals surface area contributed by atoms with Crippen LogP contribution in [0.2, 0.25) is 0 Å². The number of hydrogen-bond donors (Lipinski definition) is 0. The van der Waals surface area contributed by atoms with Crippen molar-refractivity contribution in [3.63, 3.8) is 0 Å². The van der Waals surface area contributed by atoms with Crippen molar-refractivity contribution in [3.8, 4) is 56.5 Å². The summed E-state index contributed by atoms with van der Waals surface area (Å²) in [7, 11) is 0. The second-order valence-corrected chi connectivity index (χ2v) is 14.3. The third kappa shape index (κ3) is 4.89. The molecule has 7 heteroatoms. The zero-order valence-electron chi connectivity index (χ0n) is 30.3. The van der Waals surface area contributed by atoms with E-state index in [9.17, 15) is 0 Å². The second kappa shape index (κ2) is 12.4. The van der Waals surface area contributed by atoms with Gasteiger partial charge < -0.3 is 8.83 Å². The van der Waals surface area contributed by atoms with Gasteiger partial charge >= 0.3 is 0 Å². The van der Waals surface area contributed by atoms with Crippen LogP contribution in [0, 0.1) is 0 Å². The van der Waals surface area contributed by atoms with Gasteiger partial charge in [-0.2, -0.15) is 0 Å². The van der Waals surface area contributed by atoms with Crippen LogP contribution < -0.4 is 0 Å². The lowest BCUT2D eigenvalue weighted by atomic mass is 9.95. The van der Waals surface area contributed by atoms with Gasteiger partial charge in [-0.3, -0.25) is 0 Å². The van der Waals surface area contributed by atoms with E-state index in [-0.39, 0.29) is 5.92 Å². The predicted octanol–water partition coefficient (Wildman–Crippen LogP) is 12.3. The van der Waals surface area contributed by atoms with E-state index < -0.39 is 0 Å². The quantitative estimate of drug-likeness (QED) is 0.174. The molecule has 7 nitrogen and oxygen atoms in total. The predicted molar refractivity (Wildman–Crippen MR) is 225 cm³/mol. The minimum absolute atomic E-state index is 0.156. The molecule has 0 radical (unpaired) electrons. The molecular formula is C50H29N5O2. The maximum Gasteiger partial charge on any atom is 0.180 e. The lowest BCUT2D eigenvalue weighted by Crippen LogP contribution is -2.09. The minimum atomic E-state index is -0.156. The highest BCUT2D eigenvalue weighted by Gasteiger charge is 2.33. The van der Waals surface area contributed by atoms with Crippen LogP contribution in [-0.4, -0.2) is 24.9 Å². The number of benzene rings is 7. The van der Waals surface area contributed by atoms with E-state index in [1.54, 1.807) is 0 Å². The Morgan fingerprint density at radius 1 is 0.368 bits per heavy atom. The molecule has 0 N–H and O–H groups in total. The molecule has 57 heavy (non-hydrogen) atoms. The first-order valence-corrected chi connectivity index (χ1v) is 19.0. The van der Waals surface area contributed by atoms with Gasteiger partial charge in [0.25, 0.3) is 0 Å². The number of nitrogens with zero attached hydrogens (tertiary/aromatic N) is 5. The maximum absolute atomic E-state index is 6.83. The highest BCUT2D eigenvalue weighted by atomic mass is 16.3. The fraction of sp³-hybridized carbons (Fsp3) is 0.0200. The Morgan fingerprint density at radius 2 is 0.912 bits per heavy atom. The van der Waals surface area contributed by atoms with Crippen LogP contribution in [0.5, 0.6) is 0 Å². The summed E-state index contributed by atoms with van der Waals surface area (Å²) in [6.07, 6.45) is 0. The second-order valence-electron chi connectivity index (χ2n) is 14.3.